The van der Waals surface area contributed by atoms with Gasteiger partial charge in [0.1, 0.15) is 11.6 Å². The molecule has 0 aromatic carbocycles. The number of nitrogens with zero attached hydrogens (tertiary/aromatic N) is 4. The Hall–Kier alpha value is -0.980. The van der Waals surface area contributed by atoms with Crippen LogP contribution in [-0.4, -0.2) is 51.8 Å². The van der Waals surface area contributed by atoms with Gasteiger partial charge in [-0.3, -0.25) is 4.90 Å². The first-order valence-corrected chi connectivity index (χ1v) is 8.51. The summed E-state index contributed by atoms with van der Waals surface area (Å²) in [5, 5.41) is 8.62. The molecule has 0 aliphatic carbocycles. The molecule has 6 nitrogen and oxygen atoms in total. The molecule has 0 radical (unpaired) electrons. The van der Waals surface area contributed by atoms with Crippen molar-refractivity contribution in [3.05, 3.63) is 11.6 Å². The van der Waals surface area contributed by atoms with Gasteiger partial charge in [0.05, 0.1) is 19.8 Å². The highest BCUT2D eigenvalue weighted by molar-refractivity contribution is 4.95. The number of piperidine rings is 1. The van der Waals surface area contributed by atoms with Gasteiger partial charge in [0, 0.05) is 19.0 Å². The van der Waals surface area contributed by atoms with Gasteiger partial charge in [-0.1, -0.05) is 6.92 Å². The summed E-state index contributed by atoms with van der Waals surface area (Å²) < 4.78 is 14.0. The van der Waals surface area contributed by atoms with E-state index >= 15 is 0 Å². The molecule has 6 heteroatoms. The van der Waals surface area contributed by atoms with Gasteiger partial charge in [-0.15, -0.1) is 10.2 Å². The van der Waals surface area contributed by atoms with E-state index in [1.54, 1.807) is 0 Å². The maximum atomic E-state index is 5.86. The lowest BCUT2D eigenvalue weighted by molar-refractivity contribution is -0.192. The Labute approximate surface area is 132 Å². The Bertz CT molecular complexity index is 496. The van der Waals surface area contributed by atoms with E-state index in [4.69, 9.17) is 9.47 Å². The summed E-state index contributed by atoms with van der Waals surface area (Å²) >= 11 is 0. The summed E-state index contributed by atoms with van der Waals surface area (Å²) in [7, 11) is 0. The van der Waals surface area contributed by atoms with Crippen LogP contribution < -0.4 is 0 Å². The molecule has 0 saturated carbocycles. The minimum atomic E-state index is -0.397. The Morgan fingerprint density at radius 3 is 2.77 bits per heavy atom. The van der Waals surface area contributed by atoms with Crippen LogP contribution in [-0.2, 0) is 22.6 Å². The van der Waals surface area contributed by atoms with Crippen molar-refractivity contribution in [2.75, 3.05) is 26.3 Å². The minimum absolute atomic E-state index is 0.397. The van der Waals surface area contributed by atoms with Crippen LogP contribution in [0.3, 0.4) is 0 Å². The summed E-state index contributed by atoms with van der Waals surface area (Å²) in [6, 6.07) is 0. The minimum Gasteiger partial charge on any atom is -0.347 e. The van der Waals surface area contributed by atoms with Crippen LogP contribution in [0, 0.1) is 12.8 Å². The third-order valence-electron chi connectivity index (χ3n) is 4.93. The molecule has 0 bridgehead atoms. The molecule has 0 spiro atoms. The molecule has 22 heavy (non-hydrogen) atoms. The molecule has 0 amide bonds. The molecule has 2 saturated heterocycles. The first kappa shape index (κ1) is 15.9. The molecule has 1 aromatic rings. The molecule has 0 N–H and O–H groups in total. The summed E-state index contributed by atoms with van der Waals surface area (Å²) in [6.45, 7) is 11.7. The van der Waals surface area contributed by atoms with Gasteiger partial charge in [-0.25, -0.2) is 0 Å². The van der Waals surface area contributed by atoms with E-state index in [0.717, 1.165) is 57.5 Å². The van der Waals surface area contributed by atoms with Gasteiger partial charge >= 0.3 is 0 Å². The fraction of sp³-hybridized carbons (Fsp3) is 0.875. The number of likely N-dealkylation sites (tertiary alicyclic amines) is 1. The Morgan fingerprint density at radius 1 is 1.27 bits per heavy atom. The van der Waals surface area contributed by atoms with Crippen LogP contribution in [0.4, 0.5) is 0 Å². The average molecular weight is 308 g/mol. The van der Waals surface area contributed by atoms with Gasteiger partial charge in [-0.2, -0.15) is 0 Å². The second-order valence-electron chi connectivity index (χ2n) is 6.60. The molecular formula is C16H28N4O2. The molecule has 2 aliphatic rings. The highest BCUT2D eigenvalue weighted by atomic mass is 16.7. The SMILES string of the molecule is CCCn1c(C)nnc1CN1CCC[C@H](C2(C)OCCO2)C1. The third kappa shape index (κ3) is 3.19. The first-order valence-electron chi connectivity index (χ1n) is 8.51. The van der Waals surface area contributed by atoms with Crippen LogP contribution in [0.25, 0.3) is 0 Å². The fourth-order valence-corrected chi connectivity index (χ4v) is 3.65. The topological polar surface area (TPSA) is 52.4 Å². The van der Waals surface area contributed by atoms with Crippen LogP contribution in [0.5, 0.6) is 0 Å². The van der Waals surface area contributed by atoms with Gasteiger partial charge in [0.25, 0.3) is 0 Å². The standard InChI is InChI=1S/C16H28N4O2/c1-4-7-20-13(2)17-18-15(20)12-19-8-5-6-14(11-19)16(3)21-9-10-22-16/h14H,4-12H2,1-3H3/t14-/m0/s1. The van der Waals surface area contributed by atoms with E-state index in [0.29, 0.717) is 5.92 Å². The zero-order chi connectivity index (χ0) is 15.6. The van der Waals surface area contributed by atoms with Gasteiger partial charge in [0.2, 0.25) is 0 Å². The van der Waals surface area contributed by atoms with E-state index in [1.807, 2.05) is 6.92 Å². The van der Waals surface area contributed by atoms with E-state index in [9.17, 15) is 0 Å². The lowest BCUT2D eigenvalue weighted by Gasteiger charge is -2.39. The maximum Gasteiger partial charge on any atom is 0.169 e. The van der Waals surface area contributed by atoms with Crippen molar-refractivity contribution in [3.63, 3.8) is 0 Å². The summed E-state index contributed by atoms with van der Waals surface area (Å²) in [4.78, 5) is 2.47. The Morgan fingerprint density at radius 2 is 2.05 bits per heavy atom. The van der Waals surface area contributed by atoms with Crippen LogP contribution in [0.15, 0.2) is 0 Å². The van der Waals surface area contributed by atoms with E-state index < -0.39 is 5.79 Å². The fourth-order valence-electron chi connectivity index (χ4n) is 3.65. The molecule has 0 unspecified atom stereocenters. The van der Waals surface area contributed by atoms with E-state index in [-0.39, 0.29) is 0 Å². The molecule has 1 aromatic heterocycles. The van der Waals surface area contributed by atoms with Crippen molar-refractivity contribution in [3.8, 4) is 0 Å². The smallest absolute Gasteiger partial charge is 0.169 e. The molecule has 1 atom stereocenters. The number of rotatable bonds is 5. The quantitative estimate of drug-likeness (QED) is 0.832. The zero-order valence-corrected chi connectivity index (χ0v) is 14.0. The van der Waals surface area contributed by atoms with Crippen molar-refractivity contribution in [1.82, 2.24) is 19.7 Å². The number of ether oxygens (including phenoxy) is 2. The highest BCUT2D eigenvalue weighted by Crippen LogP contribution is 2.34. The molecular weight excluding hydrogens is 280 g/mol. The number of aromatic nitrogens is 3. The average Bonchev–Trinajstić information content (AvgIpc) is 3.10. The summed E-state index contributed by atoms with van der Waals surface area (Å²) in [5.74, 6) is 2.14. The van der Waals surface area contributed by atoms with Gasteiger partial charge in [-0.05, 0) is 39.7 Å². The maximum absolute atomic E-state index is 5.86. The molecule has 3 rings (SSSR count). The number of hydrogen-bond donors (Lipinski definition) is 0. The third-order valence-corrected chi connectivity index (χ3v) is 4.93. The largest absolute Gasteiger partial charge is 0.347 e. The lowest BCUT2D eigenvalue weighted by Crippen LogP contribution is -2.46. The molecule has 2 fully saturated rings. The van der Waals surface area contributed by atoms with Crippen molar-refractivity contribution in [2.45, 2.75) is 58.9 Å². The van der Waals surface area contributed by atoms with Crippen molar-refractivity contribution >= 4 is 0 Å². The summed E-state index contributed by atoms with van der Waals surface area (Å²) in [5.41, 5.74) is 0. The van der Waals surface area contributed by atoms with Gasteiger partial charge < -0.3 is 14.0 Å². The Balaban J connectivity index is 1.65. The van der Waals surface area contributed by atoms with Crippen LogP contribution >= 0.6 is 0 Å². The second kappa shape index (κ2) is 6.64. The van der Waals surface area contributed by atoms with E-state index in [2.05, 4.69) is 33.5 Å². The molecule has 124 valence electrons. The van der Waals surface area contributed by atoms with Crippen molar-refractivity contribution in [2.24, 2.45) is 5.92 Å². The van der Waals surface area contributed by atoms with Crippen LogP contribution in [0.1, 0.15) is 44.8 Å². The summed E-state index contributed by atoms with van der Waals surface area (Å²) in [6.07, 6.45) is 3.47. The van der Waals surface area contributed by atoms with Crippen molar-refractivity contribution in [1.29, 1.82) is 0 Å². The first-order chi connectivity index (χ1) is 10.6. The van der Waals surface area contributed by atoms with Gasteiger partial charge in [0.15, 0.2) is 5.79 Å². The Kier molecular flexibility index (Phi) is 4.80. The predicted octanol–water partition coefficient (Wildman–Crippen LogP) is 1.97. The normalized spacial score (nSPS) is 25.7. The number of hydrogen-bond acceptors (Lipinski definition) is 5. The monoisotopic (exact) mass is 308 g/mol. The second-order valence-corrected chi connectivity index (χ2v) is 6.60. The lowest BCUT2D eigenvalue weighted by atomic mass is 9.90. The zero-order valence-electron chi connectivity index (χ0n) is 14.0. The van der Waals surface area contributed by atoms with Crippen molar-refractivity contribution < 1.29 is 9.47 Å². The van der Waals surface area contributed by atoms with E-state index in [1.165, 1.54) is 12.8 Å². The highest BCUT2D eigenvalue weighted by Gasteiger charge is 2.41. The number of aryl methyl sites for hydroxylation is 1. The molecule has 2 aliphatic heterocycles. The molecule has 3 heterocycles. The predicted molar refractivity (Wildman–Crippen MR) is 83.4 cm³/mol. The van der Waals surface area contributed by atoms with Crippen LogP contribution in [0.2, 0.25) is 0 Å².